The predicted molar refractivity (Wildman–Crippen MR) is 91.8 cm³/mol. The van der Waals surface area contributed by atoms with Crippen LogP contribution in [0.3, 0.4) is 0 Å². The van der Waals surface area contributed by atoms with Crippen LogP contribution in [0.1, 0.15) is 20.7 Å². The molecule has 9 heteroatoms. The van der Waals surface area contributed by atoms with Gasteiger partial charge < -0.3 is 14.2 Å². The highest BCUT2D eigenvalue weighted by Crippen LogP contribution is 2.22. The summed E-state index contributed by atoms with van der Waals surface area (Å²) in [5, 5.41) is 0. The number of ether oxygens (including phenoxy) is 3. The number of amides is 2. The molecule has 0 atom stereocenters. The van der Waals surface area contributed by atoms with Crippen molar-refractivity contribution in [3.05, 3.63) is 59.4 Å². The zero-order valence-corrected chi connectivity index (χ0v) is 14.6. The summed E-state index contributed by atoms with van der Waals surface area (Å²) in [4.78, 5) is 35.5. The molecule has 0 saturated carbocycles. The third-order valence-electron chi connectivity index (χ3n) is 3.36. The second kappa shape index (κ2) is 9.18. The van der Waals surface area contributed by atoms with Gasteiger partial charge >= 0.3 is 5.97 Å². The number of rotatable bonds is 6. The fraction of sp³-hybridized carbons (Fsp3) is 0.167. The van der Waals surface area contributed by atoms with Crippen LogP contribution in [0.2, 0.25) is 0 Å². The summed E-state index contributed by atoms with van der Waals surface area (Å²) in [6, 6.07) is 9.68. The first kappa shape index (κ1) is 19.7. The first-order valence-corrected chi connectivity index (χ1v) is 7.68. The molecule has 0 aliphatic carbocycles. The van der Waals surface area contributed by atoms with Crippen LogP contribution in [0.5, 0.6) is 11.5 Å². The molecule has 0 spiro atoms. The maximum absolute atomic E-state index is 13.5. The molecule has 2 amide bonds. The van der Waals surface area contributed by atoms with Crippen LogP contribution in [0.25, 0.3) is 0 Å². The highest BCUT2D eigenvalue weighted by molar-refractivity contribution is 5.96. The van der Waals surface area contributed by atoms with E-state index in [-0.39, 0.29) is 11.1 Å². The largest absolute Gasteiger partial charge is 0.497 e. The summed E-state index contributed by atoms with van der Waals surface area (Å²) in [6.07, 6.45) is 0. The molecule has 142 valence electrons. The molecular formula is C18H17FN2O6. The maximum Gasteiger partial charge on any atom is 0.338 e. The van der Waals surface area contributed by atoms with Gasteiger partial charge in [-0.3, -0.25) is 20.4 Å². The first-order valence-electron chi connectivity index (χ1n) is 7.68. The van der Waals surface area contributed by atoms with Gasteiger partial charge in [-0.1, -0.05) is 12.1 Å². The minimum Gasteiger partial charge on any atom is -0.497 e. The molecular weight excluding hydrogens is 359 g/mol. The fourth-order valence-corrected chi connectivity index (χ4v) is 2.01. The molecule has 0 aromatic heterocycles. The van der Waals surface area contributed by atoms with E-state index in [1.165, 1.54) is 44.6 Å². The molecule has 2 aromatic carbocycles. The Kier molecular flexibility index (Phi) is 6.70. The lowest BCUT2D eigenvalue weighted by atomic mass is 10.2. The van der Waals surface area contributed by atoms with Gasteiger partial charge in [-0.2, -0.15) is 0 Å². The Labute approximate surface area is 154 Å². The fourth-order valence-electron chi connectivity index (χ4n) is 2.01. The zero-order valence-electron chi connectivity index (χ0n) is 14.6. The molecule has 0 unspecified atom stereocenters. The number of esters is 1. The summed E-state index contributed by atoms with van der Waals surface area (Å²) >= 11 is 0. The zero-order chi connectivity index (χ0) is 19.8. The number of benzene rings is 2. The molecule has 8 nitrogen and oxygen atoms in total. The van der Waals surface area contributed by atoms with Crippen LogP contribution in [0.4, 0.5) is 4.39 Å². The van der Waals surface area contributed by atoms with Crippen molar-refractivity contribution in [2.45, 2.75) is 0 Å². The first-order chi connectivity index (χ1) is 12.9. The summed E-state index contributed by atoms with van der Waals surface area (Å²) in [5.74, 6) is -2.41. The highest BCUT2D eigenvalue weighted by Gasteiger charge is 2.15. The lowest BCUT2D eigenvalue weighted by Crippen LogP contribution is -2.43. The molecule has 2 rings (SSSR count). The number of carbonyl (C=O) groups is 3. The van der Waals surface area contributed by atoms with E-state index in [1.54, 1.807) is 6.07 Å². The minimum absolute atomic E-state index is 0.120. The van der Waals surface area contributed by atoms with Crippen molar-refractivity contribution >= 4 is 17.8 Å². The molecule has 0 fully saturated rings. The second-order valence-corrected chi connectivity index (χ2v) is 5.16. The van der Waals surface area contributed by atoms with Gasteiger partial charge in [0.2, 0.25) is 0 Å². The van der Waals surface area contributed by atoms with Crippen LogP contribution in [-0.2, 0) is 9.53 Å². The number of hydrogen-bond acceptors (Lipinski definition) is 6. The van der Waals surface area contributed by atoms with Gasteiger partial charge in [0.15, 0.2) is 6.61 Å². The normalized spacial score (nSPS) is 9.89. The van der Waals surface area contributed by atoms with Crippen molar-refractivity contribution in [2.24, 2.45) is 0 Å². The standard InChI is InChI=1S/C18H17FN2O6/c1-25-12-7-11(8-13(9-12)26-2)18(24)27-10-16(22)20-21-17(23)14-5-3-4-6-15(14)19/h3-9H,10H2,1-2H3,(H,20,22)(H,21,23). The van der Waals surface area contributed by atoms with Crippen LogP contribution < -0.4 is 20.3 Å². The number of carbonyl (C=O) groups excluding carboxylic acids is 3. The van der Waals surface area contributed by atoms with Gasteiger partial charge in [0.1, 0.15) is 17.3 Å². The monoisotopic (exact) mass is 376 g/mol. The SMILES string of the molecule is COc1cc(OC)cc(C(=O)OCC(=O)NNC(=O)c2ccccc2F)c1. The number of halogens is 1. The quantitative estimate of drug-likeness (QED) is 0.585. The Hall–Kier alpha value is -3.62. The third-order valence-corrected chi connectivity index (χ3v) is 3.36. The van der Waals surface area contributed by atoms with Crippen molar-refractivity contribution in [3.63, 3.8) is 0 Å². The van der Waals surface area contributed by atoms with E-state index in [2.05, 4.69) is 0 Å². The van der Waals surface area contributed by atoms with Crippen molar-refractivity contribution in [2.75, 3.05) is 20.8 Å². The lowest BCUT2D eigenvalue weighted by Gasteiger charge is -2.10. The number of hydrazine groups is 1. The average molecular weight is 376 g/mol. The second-order valence-electron chi connectivity index (χ2n) is 5.16. The van der Waals surface area contributed by atoms with Gasteiger partial charge in [-0.15, -0.1) is 0 Å². The van der Waals surface area contributed by atoms with Crippen molar-refractivity contribution in [1.29, 1.82) is 0 Å². The number of methoxy groups -OCH3 is 2. The minimum atomic E-state index is -0.842. The third kappa shape index (κ3) is 5.43. The number of hydrogen-bond donors (Lipinski definition) is 2. The highest BCUT2D eigenvalue weighted by atomic mass is 19.1. The van der Waals surface area contributed by atoms with Gasteiger partial charge in [-0.25, -0.2) is 9.18 Å². The van der Waals surface area contributed by atoms with Crippen molar-refractivity contribution in [3.8, 4) is 11.5 Å². The van der Waals surface area contributed by atoms with E-state index in [0.29, 0.717) is 11.5 Å². The van der Waals surface area contributed by atoms with Crippen LogP contribution >= 0.6 is 0 Å². The molecule has 0 aliphatic rings. The molecule has 0 aliphatic heterocycles. The van der Waals surface area contributed by atoms with Gasteiger partial charge in [-0.05, 0) is 24.3 Å². The molecule has 0 bridgehead atoms. The van der Waals surface area contributed by atoms with E-state index in [1.807, 2.05) is 10.9 Å². The summed E-state index contributed by atoms with van der Waals surface area (Å²) in [7, 11) is 2.85. The Balaban J connectivity index is 1.87. The molecule has 0 radical (unpaired) electrons. The Morgan fingerprint density at radius 3 is 2.19 bits per heavy atom. The van der Waals surface area contributed by atoms with Crippen LogP contribution in [0.15, 0.2) is 42.5 Å². The molecule has 2 aromatic rings. The smallest absolute Gasteiger partial charge is 0.338 e. The topological polar surface area (TPSA) is 103 Å². The summed E-state index contributed by atoms with van der Waals surface area (Å²) in [6.45, 7) is -0.657. The summed E-state index contributed by atoms with van der Waals surface area (Å²) < 4.78 is 28.4. The van der Waals surface area contributed by atoms with Gasteiger partial charge in [0, 0.05) is 6.07 Å². The van der Waals surface area contributed by atoms with Gasteiger partial charge in [0.05, 0.1) is 25.3 Å². The maximum atomic E-state index is 13.5. The van der Waals surface area contributed by atoms with E-state index in [0.717, 1.165) is 6.07 Å². The van der Waals surface area contributed by atoms with E-state index in [9.17, 15) is 18.8 Å². The van der Waals surface area contributed by atoms with Crippen LogP contribution in [-0.4, -0.2) is 38.6 Å². The Morgan fingerprint density at radius 2 is 1.59 bits per heavy atom. The molecule has 27 heavy (non-hydrogen) atoms. The number of nitrogens with one attached hydrogen (secondary N) is 2. The molecule has 0 heterocycles. The van der Waals surface area contributed by atoms with Gasteiger partial charge in [0.25, 0.3) is 11.8 Å². The van der Waals surface area contributed by atoms with Crippen LogP contribution in [0, 0.1) is 5.82 Å². The lowest BCUT2D eigenvalue weighted by molar-refractivity contribution is -0.125. The predicted octanol–water partition coefficient (Wildman–Crippen LogP) is 1.46. The van der Waals surface area contributed by atoms with E-state index >= 15 is 0 Å². The van der Waals surface area contributed by atoms with Crippen molar-refractivity contribution < 1.29 is 33.0 Å². The molecule has 0 saturated heterocycles. The Morgan fingerprint density at radius 1 is 0.963 bits per heavy atom. The molecule has 2 N–H and O–H groups in total. The van der Waals surface area contributed by atoms with Crippen molar-refractivity contribution in [1.82, 2.24) is 10.9 Å². The summed E-state index contributed by atoms with van der Waals surface area (Å²) in [5.41, 5.74) is 3.94. The average Bonchev–Trinajstić information content (AvgIpc) is 2.69. The van der Waals surface area contributed by atoms with E-state index in [4.69, 9.17) is 14.2 Å². The Bertz CT molecular complexity index is 833. The van der Waals surface area contributed by atoms with E-state index < -0.39 is 30.2 Å².